The van der Waals surface area contributed by atoms with E-state index in [0.717, 1.165) is 37.7 Å². The van der Waals surface area contributed by atoms with Crippen LogP contribution in [0.4, 0.5) is 20.2 Å². The standard InChI is InChI=1S/C27H31F2N3O3/c1-3-11-27(12-5-13-27)32-15-19(26(34)35)25(33)20-22(30)21(29)23(16(2)24(20)32)31-14-4-6-17-7-9-18(28)10-8-17/h7-10,15,31H,3-6,11-14,30H2,1-2H3,(H,34,35). The lowest BCUT2D eigenvalue weighted by atomic mass is 9.73. The number of nitrogen functional groups attached to an aromatic ring is 1. The summed E-state index contributed by atoms with van der Waals surface area (Å²) in [6.45, 7) is 4.25. The molecule has 0 spiro atoms. The summed E-state index contributed by atoms with van der Waals surface area (Å²) in [7, 11) is 0. The maximum Gasteiger partial charge on any atom is 0.341 e. The van der Waals surface area contributed by atoms with Crippen molar-refractivity contribution in [1.29, 1.82) is 0 Å². The molecule has 0 unspecified atom stereocenters. The van der Waals surface area contributed by atoms with E-state index in [9.17, 15) is 19.1 Å². The number of pyridine rings is 1. The van der Waals surface area contributed by atoms with Crippen LogP contribution in [0.2, 0.25) is 0 Å². The van der Waals surface area contributed by atoms with E-state index in [4.69, 9.17) is 5.73 Å². The first-order valence-corrected chi connectivity index (χ1v) is 12.1. The van der Waals surface area contributed by atoms with Gasteiger partial charge in [-0.05, 0) is 68.7 Å². The van der Waals surface area contributed by atoms with Crippen molar-refractivity contribution in [2.24, 2.45) is 0 Å². The molecule has 8 heteroatoms. The minimum atomic E-state index is -1.35. The van der Waals surface area contributed by atoms with Crippen LogP contribution in [-0.2, 0) is 12.0 Å². The lowest BCUT2D eigenvalue weighted by Crippen LogP contribution is -2.42. The van der Waals surface area contributed by atoms with Gasteiger partial charge in [0, 0.05) is 18.3 Å². The van der Waals surface area contributed by atoms with Gasteiger partial charge in [-0.3, -0.25) is 4.79 Å². The Balaban J connectivity index is 1.78. The van der Waals surface area contributed by atoms with Crippen molar-refractivity contribution < 1.29 is 18.7 Å². The highest BCUT2D eigenvalue weighted by Gasteiger charge is 2.40. The van der Waals surface area contributed by atoms with Crippen LogP contribution in [-0.4, -0.2) is 22.2 Å². The predicted molar refractivity (Wildman–Crippen MR) is 134 cm³/mol. The molecule has 4 N–H and O–H groups in total. The highest BCUT2D eigenvalue weighted by atomic mass is 19.1. The number of rotatable bonds is 9. The smallest absolute Gasteiger partial charge is 0.341 e. The number of carbonyl (C=O) groups is 1. The van der Waals surface area contributed by atoms with Crippen molar-refractivity contribution in [2.75, 3.05) is 17.6 Å². The molecule has 1 aliphatic rings. The summed E-state index contributed by atoms with van der Waals surface area (Å²) in [5.41, 5.74) is 6.56. The molecule has 1 aliphatic carbocycles. The van der Waals surface area contributed by atoms with Crippen LogP contribution in [0.5, 0.6) is 0 Å². The highest BCUT2D eigenvalue weighted by molar-refractivity contribution is 6.01. The zero-order chi connectivity index (χ0) is 25.3. The molecule has 4 rings (SSSR count). The Hall–Kier alpha value is -3.42. The van der Waals surface area contributed by atoms with Gasteiger partial charge in [0.15, 0.2) is 5.82 Å². The number of fused-ring (bicyclic) bond motifs is 1. The summed E-state index contributed by atoms with van der Waals surface area (Å²) in [4.78, 5) is 25.0. The second-order valence-electron chi connectivity index (χ2n) is 9.48. The number of benzene rings is 2. The van der Waals surface area contributed by atoms with Crippen LogP contribution in [0.3, 0.4) is 0 Å². The van der Waals surface area contributed by atoms with E-state index in [1.807, 2.05) is 4.57 Å². The second-order valence-corrected chi connectivity index (χ2v) is 9.48. The fourth-order valence-electron chi connectivity index (χ4n) is 5.32. The monoisotopic (exact) mass is 483 g/mol. The quantitative estimate of drug-likeness (QED) is 0.272. The molecule has 0 aliphatic heterocycles. The number of nitrogens with two attached hydrogens (primary N) is 1. The summed E-state index contributed by atoms with van der Waals surface area (Å²) in [6, 6.07) is 6.26. The molecule has 0 atom stereocenters. The number of hydrogen-bond acceptors (Lipinski definition) is 4. The third kappa shape index (κ3) is 4.37. The first-order chi connectivity index (χ1) is 16.7. The molecule has 0 saturated heterocycles. The van der Waals surface area contributed by atoms with E-state index >= 15 is 4.39 Å². The van der Waals surface area contributed by atoms with E-state index in [1.165, 1.54) is 18.3 Å². The molecule has 2 aromatic carbocycles. The molecule has 186 valence electrons. The van der Waals surface area contributed by atoms with Crippen LogP contribution in [0.25, 0.3) is 10.9 Å². The van der Waals surface area contributed by atoms with Crippen molar-refractivity contribution in [2.45, 2.75) is 64.3 Å². The summed E-state index contributed by atoms with van der Waals surface area (Å²) >= 11 is 0. The van der Waals surface area contributed by atoms with Crippen molar-refractivity contribution in [3.63, 3.8) is 0 Å². The van der Waals surface area contributed by atoms with Crippen molar-refractivity contribution in [3.05, 3.63) is 69.0 Å². The fraction of sp³-hybridized carbons (Fsp3) is 0.407. The van der Waals surface area contributed by atoms with Crippen molar-refractivity contribution in [3.8, 4) is 0 Å². The van der Waals surface area contributed by atoms with E-state index in [1.54, 1.807) is 19.1 Å². The molecule has 0 radical (unpaired) electrons. The van der Waals surface area contributed by atoms with Crippen LogP contribution in [0, 0.1) is 18.6 Å². The number of anilines is 2. The van der Waals surface area contributed by atoms with Crippen LogP contribution < -0.4 is 16.5 Å². The molecular formula is C27H31F2N3O3. The normalized spacial score (nSPS) is 14.6. The van der Waals surface area contributed by atoms with E-state index < -0.39 is 22.8 Å². The molecule has 3 aromatic rings. The summed E-state index contributed by atoms with van der Waals surface area (Å²) in [5, 5.41) is 12.8. The van der Waals surface area contributed by atoms with Crippen LogP contribution in [0.1, 0.15) is 66.9 Å². The van der Waals surface area contributed by atoms with Gasteiger partial charge in [-0.2, -0.15) is 0 Å². The molecule has 1 aromatic heterocycles. The number of nitrogens with one attached hydrogen (secondary N) is 1. The van der Waals surface area contributed by atoms with Gasteiger partial charge >= 0.3 is 5.97 Å². The Labute approximate surface area is 202 Å². The van der Waals surface area contributed by atoms with Crippen molar-refractivity contribution in [1.82, 2.24) is 4.57 Å². The second kappa shape index (κ2) is 9.68. The van der Waals surface area contributed by atoms with E-state index in [0.29, 0.717) is 30.5 Å². The Morgan fingerprint density at radius 3 is 2.49 bits per heavy atom. The Morgan fingerprint density at radius 1 is 1.23 bits per heavy atom. The van der Waals surface area contributed by atoms with Gasteiger partial charge in [-0.1, -0.05) is 25.5 Å². The maximum absolute atomic E-state index is 15.4. The molecule has 1 saturated carbocycles. The minimum absolute atomic E-state index is 0.0702. The number of aromatic nitrogens is 1. The predicted octanol–water partition coefficient (Wildman–Crippen LogP) is 5.59. The van der Waals surface area contributed by atoms with Crippen LogP contribution in [0.15, 0.2) is 35.3 Å². The van der Waals surface area contributed by atoms with Crippen LogP contribution >= 0.6 is 0 Å². The SMILES string of the molecule is CCCC1(n2cc(C(=O)O)c(=O)c3c(N)c(F)c(NCCCc4ccc(F)cc4)c(C)c32)CCC1. The van der Waals surface area contributed by atoms with Gasteiger partial charge in [0.2, 0.25) is 5.43 Å². The third-order valence-electron chi connectivity index (χ3n) is 7.26. The molecule has 35 heavy (non-hydrogen) atoms. The zero-order valence-corrected chi connectivity index (χ0v) is 20.1. The lowest BCUT2D eigenvalue weighted by Gasteiger charge is -2.45. The minimum Gasteiger partial charge on any atom is -0.477 e. The first kappa shape index (κ1) is 24.7. The molecular weight excluding hydrogens is 452 g/mol. The maximum atomic E-state index is 15.4. The number of hydrogen-bond donors (Lipinski definition) is 3. The van der Waals surface area contributed by atoms with Gasteiger partial charge in [0.05, 0.1) is 22.3 Å². The summed E-state index contributed by atoms with van der Waals surface area (Å²) < 4.78 is 30.5. The first-order valence-electron chi connectivity index (χ1n) is 12.1. The number of carboxylic acids is 1. The van der Waals surface area contributed by atoms with Gasteiger partial charge in [-0.25, -0.2) is 13.6 Å². The van der Waals surface area contributed by atoms with E-state index in [-0.39, 0.29) is 28.1 Å². The number of nitrogens with zero attached hydrogens (tertiary/aromatic N) is 1. The molecule has 0 bridgehead atoms. The molecule has 1 heterocycles. The zero-order valence-electron chi connectivity index (χ0n) is 20.1. The Bertz CT molecular complexity index is 1330. The lowest BCUT2D eigenvalue weighted by molar-refractivity contribution is 0.0692. The summed E-state index contributed by atoms with van der Waals surface area (Å²) in [6.07, 6.45) is 7.20. The number of aryl methyl sites for hydroxylation is 2. The van der Waals surface area contributed by atoms with Gasteiger partial charge < -0.3 is 20.7 Å². The van der Waals surface area contributed by atoms with E-state index in [2.05, 4.69) is 12.2 Å². The highest BCUT2D eigenvalue weighted by Crippen LogP contribution is 2.46. The molecule has 6 nitrogen and oxygen atoms in total. The largest absolute Gasteiger partial charge is 0.477 e. The topological polar surface area (TPSA) is 97.4 Å². The number of carboxylic acid groups (broad SMARTS) is 1. The van der Waals surface area contributed by atoms with Crippen molar-refractivity contribution >= 4 is 28.2 Å². The van der Waals surface area contributed by atoms with Gasteiger partial charge in [-0.15, -0.1) is 0 Å². The van der Waals surface area contributed by atoms with Gasteiger partial charge in [0.1, 0.15) is 11.4 Å². The van der Waals surface area contributed by atoms with Gasteiger partial charge in [0.25, 0.3) is 0 Å². The number of aromatic carboxylic acids is 1. The Morgan fingerprint density at radius 2 is 1.91 bits per heavy atom. The Kier molecular flexibility index (Phi) is 6.83. The fourth-order valence-corrected chi connectivity index (χ4v) is 5.32. The molecule has 0 amide bonds. The third-order valence-corrected chi connectivity index (χ3v) is 7.26. The molecule has 1 fully saturated rings. The number of halogens is 2. The summed E-state index contributed by atoms with van der Waals surface area (Å²) in [5.74, 6) is -2.39. The average molecular weight is 484 g/mol. The average Bonchev–Trinajstić information content (AvgIpc) is 2.80.